The number of benzene rings is 2. The maximum Gasteiger partial charge on any atom is 0.407 e. The molecule has 7 heteroatoms. The average molecular weight is 384 g/mol. The van der Waals surface area contributed by atoms with Gasteiger partial charge in [0.1, 0.15) is 5.60 Å². The van der Waals surface area contributed by atoms with Gasteiger partial charge >= 0.3 is 12.1 Å². The largest absolute Gasteiger partial charge is 0.479 e. The lowest BCUT2D eigenvalue weighted by Crippen LogP contribution is -2.33. The lowest BCUT2D eigenvalue weighted by molar-refractivity contribution is -0.139. The molecule has 1 atom stereocenters. The van der Waals surface area contributed by atoms with E-state index in [9.17, 15) is 19.5 Å². The Morgan fingerprint density at radius 1 is 1.00 bits per heavy atom. The molecule has 2 rings (SSSR count). The minimum absolute atomic E-state index is 0.239. The Morgan fingerprint density at radius 3 is 2.14 bits per heavy atom. The Morgan fingerprint density at radius 2 is 1.61 bits per heavy atom. The Bertz CT molecular complexity index is 826. The van der Waals surface area contributed by atoms with E-state index in [1.54, 1.807) is 75.4 Å². The van der Waals surface area contributed by atoms with Crippen molar-refractivity contribution in [3.05, 3.63) is 71.3 Å². The molecule has 0 saturated carbocycles. The summed E-state index contributed by atoms with van der Waals surface area (Å²) in [6, 6.07) is 13.8. The van der Waals surface area contributed by atoms with Gasteiger partial charge in [0.2, 0.25) is 0 Å². The highest BCUT2D eigenvalue weighted by molar-refractivity contribution is 5.96. The Balaban J connectivity index is 2.01. The summed E-state index contributed by atoms with van der Waals surface area (Å²) in [5, 5.41) is 14.6. The number of hydrogen-bond donors (Lipinski definition) is 3. The lowest BCUT2D eigenvalue weighted by atomic mass is 10.0. The van der Waals surface area contributed by atoms with Gasteiger partial charge in [-0.05, 0) is 44.0 Å². The molecule has 1 unspecified atom stereocenters. The number of hydrogen-bond acceptors (Lipinski definition) is 4. The third-order valence-electron chi connectivity index (χ3n) is 3.71. The van der Waals surface area contributed by atoms with E-state index in [2.05, 4.69) is 10.6 Å². The third kappa shape index (κ3) is 6.42. The van der Waals surface area contributed by atoms with E-state index in [-0.39, 0.29) is 6.54 Å². The van der Waals surface area contributed by atoms with Crippen molar-refractivity contribution in [2.24, 2.45) is 0 Å². The molecule has 0 aromatic heterocycles. The summed E-state index contributed by atoms with van der Waals surface area (Å²) in [4.78, 5) is 35.6. The highest BCUT2D eigenvalue weighted by Gasteiger charge is 2.22. The molecule has 0 spiro atoms. The van der Waals surface area contributed by atoms with Gasteiger partial charge in [0.25, 0.3) is 5.91 Å². The first-order valence-electron chi connectivity index (χ1n) is 8.80. The first-order chi connectivity index (χ1) is 13.2. The van der Waals surface area contributed by atoms with Crippen LogP contribution in [0.25, 0.3) is 0 Å². The minimum Gasteiger partial charge on any atom is -0.479 e. The number of amides is 2. The monoisotopic (exact) mass is 384 g/mol. The predicted molar refractivity (Wildman–Crippen MR) is 104 cm³/mol. The Hall–Kier alpha value is -3.35. The molecular weight excluding hydrogens is 360 g/mol. The summed E-state index contributed by atoms with van der Waals surface area (Å²) in [6.45, 7) is 5.56. The fourth-order valence-corrected chi connectivity index (χ4v) is 2.41. The number of nitrogens with one attached hydrogen (secondary N) is 2. The molecule has 2 amide bonds. The molecular formula is C21H24N2O5. The van der Waals surface area contributed by atoms with Gasteiger partial charge < -0.3 is 20.5 Å². The molecule has 0 bridgehead atoms. The normalized spacial score (nSPS) is 12.0. The van der Waals surface area contributed by atoms with Crippen molar-refractivity contribution in [1.82, 2.24) is 10.6 Å². The van der Waals surface area contributed by atoms with Gasteiger partial charge in [-0.3, -0.25) is 4.79 Å². The minimum atomic E-state index is -1.18. The van der Waals surface area contributed by atoms with Crippen LogP contribution in [0.5, 0.6) is 0 Å². The van der Waals surface area contributed by atoms with Gasteiger partial charge in [0, 0.05) is 12.1 Å². The SMILES string of the molecule is CC(C)(C)OC(=O)NCc1ccc(C(NC(=O)c2ccccc2)C(=O)O)cc1. The predicted octanol–water partition coefficient (Wildman–Crippen LogP) is 3.27. The number of carboxylic acid groups (broad SMARTS) is 1. The van der Waals surface area contributed by atoms with Crippen LogP contribution in [0.2, 0.25) is 0 Å². The molecule has 0 aliphatic rings. The third-order valence-corrected chi connectivity index (χ3v) is 3.71. The summed E-state index contributed by atoms with van der Waals surface area (Å²) in [6.07, 6.45) is -0.532. The molecule has 28 heavy (non-hydrogen) atoms. The molecule has 2 aromatic carbocycles. The van der Waals surface area contributed by atoms with Crippen LogP contribution >= 0.6 is 0 Å². The van der Waals surface area contributed by atoms with Gasteiger partial charge in [0.05, 0.1) is 0 Å². The van der Waals surface area contributed by atoms with E-state index in [0.717, 1.165) is 5.56 Å². The molecule has 0 heterocycles. The zero-order valence-corrected chi connectivity index (χ0v) is 16.1. The summed E-state index contributed by atoms with van der Waals surface area (Å²) in [5.41, 5.74) is 0.998. The van der Waals surface area contributed by atoms with Gasteiger partial charge in [-0.2, -0.15) is 0 Å². The molecule has 0 aliphatic carbocycles. The van der Waals surface area contributed by atoms with Crippen molar-refractivity contribution < 1.29 is 24.2 Å². The number of aliphatic carboxylic acids is 1. The van der Waals surface area contributed by atoms with Crippen LogP contribution in [0.4, 0.5) is 4.79 Å². The first-order valence-corrected chi connectivity index (χ1v) is 8.80. The molecule has 2 aromatic rings. The van der Waals surface area contributed by atoms with Crippen molar-refractivity contribution in [1.29, 1.82) is 0 Å². The number of rotatable bonds is 6. The summed E-state index contributed by atoms with van der Waals surface area (Å²) in [7, 11) is 0. The van der Waals surface area contributed by atoms with Crippen LogP contribution in [-0.2, 0) is 16.1 Å². The van der Waals surface area contributed by atoms with Crippen LogP contribution < -0.4 is 10.6 Å². The zero-order chi connectivity index (χ0) is 20.7. The highest BCUT2D eigenvalue weighted by atomic mass is 16.6. The van der Waals surface area contributed by atoms with Gasteiger partial charge in [0.15, 0.2) is 6.04 Å². The van der Waals surface area contributed by atoms with Crippen LogP contribution in [0, 0.1) is 0 Å². The Labute approximate surface area is 163 Å². The summed E-state index contributed by atoms with van der Waals surface area (Å²) >= 11 is 0. The van der Waals surface area contributed by atoms with Crippen molar-refractivity contribution >= 4 is 18.0 Å². The molecule has 7 nitrogen and oxygen atoms in total. The van der Waals surface area contributed by atoms with E-state index in [1.165, 1.54) is 0 Å². The van der Waals surface area contributed by atoms with E-state index >= 15 is 0 Å². The number of carbonyl (C=O) groups excluding carboxylic acids is 2. The number of carbonyl (C=O) groups is 3. The van der Waals surface area contributed by atoms with Crippen LogP contribution in [0.3, 0.4) is 0 Å². The number of ether oxygens (including phenoxy) is 1. The number of alkyl carbamates (subject to hydrolysis) is 1. The maximum atomic E-state index is 12.3. The van der Waals surface area contributed by atoms with Crippen LogP contribution in [-0.4, -0.2) is 28.7 Å². The molecule has 0 fully saturated rings. The van der Waals surface area contributed by atoms with Crippen molar-refractivity contribution in [3.8, 4) is 0 Å². The Kier molecular flexibility index (Phi) is 6.76. The fourth-order valence-electron chi connectivity index (χ4n) is 2.41. The van der Waals surface area contributed by atoms with E-state index in [4.69, 9.17) is 4.74 Å². The quantitative estimate of drug-likeness (QED) is 0.709. The standard InChI is InChI=1S/C21H24N2O5/c1-21(2,3)28-20(27)22-13-14-9-11-15(12-10-14)17(19(25)26)23-18(24)16-7-5-4-6-8-16/h4-12,17H,13H2,1-3H3,(H,22,27)(H,23,24)(H,25,26). The van der Waals surface area contributed by atoms with Crippen molar-refractivity contribution in [3.63, 3.8) is 0 Å². The maximum absolute atomic E-state index is 12.3. The van der Waals surface area contributed by atoms with Gasteiger partial charge in [-0.1, -0.05) is 42.5 Å². The summed E-state index contributed by atoms with van der Waals surface area (Å²) < 4.78 is 5.16. The smallest absolute Gasteiger partial charge is 0.407 e. The second-order valence-corrected chi connectivity index (χ2v) is 7.21. The van der Waals surface area contributed by atoms with Gasteiger partial charge in [-0.15, -0.1) is 0 Å². The number of carboxylic acids is 1. The van der Waals surface area contributed by atoms with E-state index < -0.39 is 29.6 Å². The topological polar surface area (TPSA) is 105 Å². The molecule has 0 radical (unpaired) electrons. The molecule has 0 aliphatic heterocycles. The molecule has 3 N–H and O–H groups in total. The second kappa shape index (κ2) is 9.03. The summed E-state index contributed by atoms with van der Waals surface area (Å²) in [5.74, 6) is -1.63. The second-order valence-electron chi connectivity index (χ2n) is 7.21. The fraction of sp³-hybridized carbons (Fsp3) is 0.286. The average Bonchev–Trinajstić information content (AvgIpc) is 2.64. The lowest BCUT2D eigenvalue weighted by Gasteiger charge is -2.19. The zero-order valence-electron chi connectivity index (χ0n) is 16.1. The first kappa shape index (κ1) is 21.0. The van der Waals surface area contributed by atoms with Crippen molar-refractivity contribution in [2.45, 2.75) is 39.0 Å². The van der Waals surface area contributed by atoms with Crippen LogP contribution in [0.1, 0.15) is 48.3 Å². The van der Waals surface area contributed by atoms with Crippen molar-refractivity contribution in [2.75, 3.05) is 0 Å². The van der Waals surface area contributed by atoms with Gasteiger partial charge in [-0.25, -0.2) is 9.59 Å². The van der Waals surface area contributed by atoms with E-state index in [0.29, 0.717) is 11.1 Å². The molecule has 148 valence electrons. The highest BCUT2D eigenvalue weighted by Crippen LogP contribution is 2.16. The molecule has 0 saturated heterocycles. The van der Waals surface area contributed by atoms with E-state index in [1.807, 2.05) is 0 Å². The van der Waals surface area contributed by atoms with Crippen LogP contribution in [0.15, 0.2) is 54.6 Å².